The fraction of sp³-hybridized carbons (Fsp3) is 0.562. The molecule has 0 bridgehead atoms. The third kappa shape index (κ3) is 4.06. The van der Waals surface area contributed by atoms with Crippen LogP contribution in [0.2, 0.25) is 23.2 Å². The number of carbonyl (C=O) groups excluding carboxylic acids is 1. The summed E-state index contributed by atoms with van der Waals surface area (Å²) in [5.74, 6) is 0.148. The summed E-state index contributed by atoms with van der Waals surface area (Å²) in [5, 5.41) is 0.576. The van der Waals surface area contributed by atoms with Crippen LogP contribution in [0.5, 0.6) is 5.75 Å². The first kappa shape index (κ1) is 19.5. The molecule has 124 valence electrons. The maximum atomic E-state index is 12.3. The van der Waals surface area contributed by atoms with Gasteiger partial charge in [0.15, 0.2) is 0 Å². The van der Waals surface area contributed by atoms with Crippen molar-refractivity contribution in [3.63, 3.8) is 0 Å². The molecular weight excluding hydrogens is 384 g/mol. The van der Waals surface area contributed by atoms with Crippen molar-refractivity contribution in [1.82, 2.24) is 0 Å². The molecule has 22 heavy (non-hydrogen) atoms. The van der Waals surface area contributed by atoms with E-state index < -0.39 is 14.3 Å². The van der Waals surface area contributed by atoms with E-state index in [0.29, 0.717) is 27.4 Å². The first-order valence-electron chi connectivity index (χ1n) is 7.27. The Morgan fingerprint density at radius 3 is 2.36 bits per heavy atom. The zero-order valence-electron chi connectivity index (χ0n) is 14.3. The summed E-state index contributed by atoms with van der Waals surface area (Å²) in [6.45, 7) is 14.7. The van der Waals surface area contributed by atoms with Crippen LogP contribution in [0, 0.1) is 6.92 Å². The Morgan fingerprint density at radius 1 is 1.36 bits per heavy atom. The average molecular weight is 408 g/mol. The van der Waals surface area contributed by atoms with Gasteiger partial charge in [0.05, 0.1) is 11.6 Å². The van der Waals surface area contributed by atoms with Crippen LogP contribution in [0.3, 0.4) is 0 Å². The Bertz CT molecular complexity index is 580. The highest BCUT2D eigenvalue weighted by Crippen LogP contribution is 2.42. The lowest BCUT2D eigenvalue weighted by Crippen LogP contribution is -2.44. The summed E-state index contributed by atoms with van der Waals surface area (Å²) in [7, 11) is -2.10. The molecule has 0 aliphatic heterocycles. The van der Waals surface area contributed by atoms with Gasteiger partial charge in [0.1, 0.15) is 11.3 Å². The average Bonchev–Trinajstić information content (AvgIpc) is 2.38. The van der Waals surface area contributed by atoms with Crippen molar-refractivity contribution in [3.8, 4) is 5.75 Å². The van der Waals surface area contributed by atoms with E-state index in [0.717, 1.165) is 5.56 Å². The number of benzene rings is 1. The molecule has 0 aliphatic rings. The molecule has 0 aromatic heterocycles. The summed E-state index contributed by atoms with van der Waals surface area (Å²) >= 11 is 9.70. The van der Waals surface area contributed by atoms with Crippen LogP contribution < -0.4 is 4.43 Å². The minimum Gasteiger partial charge on any atom is -0.543 e. The van der Waals surface area contributed by atoms with Crippen molar-refractivity contribution in [1.29, 1.82) is 0 Å². The Balaban J connectivity index is 3.45. The first-order chi connectivity index (χ1) is 9.92. The van der Waals surface area contributed by atoms with Gasteiger partial charge in [0, 0.05) is 10.0 Å². The molecule has 1 aromatic rings. The van der Waals surface area contributed by atoms with Crippen molar-refractivity contribution in [3.05, 3.63) is 26.7 Å². The molecule has 1 aromatic carbocycles. The maximum absolute atomic E-state index is 12.3. The number of carbonyl (C=O) groups is 1. The molecule has 0 radical (unpaired) electrons. The molecule has 0 atom stereocenters. The molecular formula is C16H24BrClO3Si. The summed E-state index contributed by atoms with van der Waals surface area (Å²) in [6.07, 6.45) is 0. The van der Waals surface area contributed by atoms with E-state index in [4.69, 9.17) is 20.8 Å². The number of hydrogen-bond acceptors (Lipinski definition) is 3. The van der Waals surface area contributed by atoms with Gasteiger partial charge in [-0.3, -0.25) is 0 Å². The normalized spacial score (nSPS) is 12.2. The maximum Gasteiger partial charge on any atom is 0.341 e. The minimum atomic E-state index is -2.10. The van der Waals surface area contributed by atoms with E-state index in [1.807, 2.05) is 6.92 Å². The molecule has 0 aliphatic carbocycles. The van der Waals surface area contributed by atoms with E-state index in [1.165, 1.54) is 0 Å². The molecule has 0 saturated carbocycles. The summed E-state index contributed by atoms with van der Waals surface area (Å²) in [6, 6.07) is 1.68. The second kappa shape index (κ2) is 6.93. The molecule has 0 fully saturated rings. The molecule has 0 amide bonds. The van der Waals surface area contributed by atoms with Crippen LogP contribution >= 0.6 is 27.5 Å². The van der Waals surface area contributed by atoms with Crippen LogP contribution in [0.15, 0.2) is 10.5 Å². The number of rotatable bonds is 4. The second-order valence-electron chi connectivity index (χ2n) is 6.76. The quantitative estimate of drug-likeness (QED) is 0.455. The van der Waals surface area contributed by atoms with Gasteiger partial charge in [-0.1, -0.05) is 32.4 Å². The molecule has 6 heteroatoms. The van der Waals surface area contributed by atoms with Crippen molar-refractivity contribution in [2.75, 3.05) is 6.61 Å². The van der Waals surface area contributed by atoms with E-state index in [2.05, 4.69) is 49.8 Å². The van der Waals surface area contributed by atoms with Crippen molar-refractivity contribution in [2.45, 2.75) is 52.8 Å². The predicted molar refractivity (Wildman–Crippen MR) is 97.7 cm³/mol. The Morgan fingerprint density at radius 2 is 1.91 bits per heavy atom. The number of hydrogen-bond donors (Lipinski definition) is 0. The molecule has 0 unspecified atom stereocenters. The Kier molecular flexibility index (Phi) is 6.15. The van der Waals surface area contributed by atoms with Crippen LogP contribution in [0.1, 0.15) is 43.6 Å². The lowest BCUT2D eigenvalue weighted by Gasteiger charge is -2.37. The molecule has 0 N–H and O–H groups in total. The largest absolute Gasteiger partial charge is 0.543 e. The fourth-order valence-electron chi connectivity index (χ4n) is 1.64. The summed E-state index contributed by atoms with van der Waals surface area (Å²) in [4.78, 5) is 12.3. The van der Waals surface area contributed by atoms with Gasteiger partial charge in [-0.15, -0.1) is 0 Å². The van der Waals surface area contributed by atoms with Crippen molar-refractivity contribution >= 4 is 41.8 Å². The van der Waals surface area contributed by atoms with Gasteiger partial charge in [-0.05, 0) is 54.0 Å². The van der Waals surface area contributed by atoms with E-state index >= 15 is 0 Å². The lowest BCUT2D eigenvalue weighted by molar-refractivity contribution is 0.0524. The monoisotopic (exact) mass is 406 g/mol. The molecule has 1 rings (SSSR count). The van der Waals surface area contributed by atoms with Crippen molar-refractivity contribution < 1.29 is 14.0 Å². The SMILES string of the molecule is CCOC(=O)c1cc(Br)c(Cl)c(C)c1O[Si](C)(C)C(C)(C)C. The summed E-state index contributed by atoms with van der Waals surface area (Å²) in [5.41, 5.74) is 1.17. The van der Waals surface area contributed by atoms with E-state index in [-0.39, 0.29) is 5.04 Å². The van der Waals surface area contributed by atoms with Crippen LogP contribution in [-0.2, 0) is 4.74 Å². The number of ether oxygens (including phenoxy) is 1. The van der Waals surface area contributed by atoms with Gasteiger partial charge < -0.3 is 9.16 Å². The van der Waals surface area contributed by atoms with Crippen molar-refractivity contribution in [2.24, 2.45) is 0 Å². The topological polar surface area (TPSA) is 35.5 Å². The van der Waals surface area contributed by atoms with Gasteiger partial charge in [-0.25, -0.2) is 4.79 Å². The van der Waals surface area contributed by atoms with E-state index in [9.17, 15) is 4.79 Å². The van der Waals surface area contributed by atoms with Crippen LogP contribution in [0.4, 0.5) is 0 Å². The second-order valence-corrected chi connectivity index (χ2v) is 12.7. The Hall–Kier alpha value is -0.523. The predicted octanol–water partition coefficient (Wildman–Crippen LogP) is 5.97. The fourth-order valence-corrected chi connectivity index (χ4v) is 3.38. The highest BCUT2D eigenvalue weighted by Gasteiger charge is 2.40. The van der Waals surface area contributed by atoms with Gasteiger partial charge in [-0.2, -0.15) is 0 Å². The van der Waals surface area contributed by atoms with Crippen LogP contribution in [-0.4, -0.2) is 20.9 Å². The highest BCUT2D eigenvalue weighted by atomic mass is 79.9. The Labute approximate surface area is 147 Å². The zero-order chi connectivity index (χ0) is 17.3. The first-order valence-corrected chi connectivity index (χ1v) is 11.3. The molecule has 3 nitrogen and oxygen atoms in total. The van der Waals surface area contributed by atoms with Gasteiger partial charge >= 0.3 is 5.97 Å². The zero-order valence-corrected chi connectivity index (χ0v) is 17.6. The number of halogens is 2. The van der Waals surface area contributed by atoms with E-state index in [1.54, 1.807) is 13.0 Å². The highest BCUT2D eigenvalue weighted by molar-refractivity contribution is 9.10. The van der Waals surface area contributed by atoms with Gasteiger partial charge in [0.2, 0.25) is 0 Å². The summed E-state index contributed by atoms with van der Waals surface area (Å²) < 4.78 is 12.2. The third-order valence-corrected chi connectivity index (χ3v) is 9.72. The third-order valence-electron chi connectivity index (χ3n) is 4.05. The smallest absolute Gasteiger partial charge is 0.341 e. The number of esters is 1. The van der Waals surface area contributed by atoms with Gasteiger partial charge in [0.25, 0.3) is 8.32 Å². The lowest BCUT2D eigenvalue weighted by atomic mass is 10.1. The molecule has 0 saturated heterocycles. The molecule has 0 spiro atoms. The molecule has 0 heterocycles. The standard InChI is InChI=1S/C16H24BrClO3Si/c1-8-20-15(19)11-9-12(17)13(18)10(2)14(11)21-22(6,7)16(3,4)5/h9H,8H2,1-7H3. The minimum absolute atomic E-state index is 0.0188. The van der Waals surface area contributed by atoms with Crippen LogP contribution in [0.25, 0.3) is 0 Å².